The van der Waals surface area contributed by atoms with Crippen LogP contribution in [-0.4, -0.2) is 44.7 Å². The van der Waals surface area contributed by atoms with Gasteiger partial charge in [0.05, 0.1) is 24.2 Å². The molecule has 4 unspecified atom stereocenters. The molecule has 4 aliphatic carbocycles. The van der Waals surface area contributed by atoms with E-state index in [0.717, 1.165) is 38.5 Å². The number of carbonyl (C=O) groups is 1. The van der Waals surface area contributed by atoms with E-state index in [1.165, 1.54) is 0 Å². The lowest BCUT2D eigenvalue weighted by atomic mass is 9.36. The summed E-state index contributed by atoms with van der Waals surface area (Å²) in [6.45, 7) is 13.3. The van der Waals surface area contributed by atoms with E-state index in [1.54, 1.807) is 0 Å². The van der Waals surface area contributed by atoms with E-state index in [0.29, 0.717) is 19.3 Å². The highest BCUT2D eigenvalue weighted by molar-refractivity contribution is 5.69. The van der Waals surface area contributed by atoms with Crippen LogP contribution in [0.5, 0.6) is 0 Å². The van der Waals surface area contributed by atoms with Crippen LogP contribution in [-0.2, 0) is 4.79 Å². The van der Waals surface area contributed by atoms with Crippen LogP contribution in [0.15, 0.2) is 0 Å². The third-order valence-electron chi connectivity index (χ3n) is 12.5. The molecule has 4 saturated carbocycles. The van der Waals surface area contributed by atoms with Crippen molar-refractivity contribution in [3.8, 4) is 0 Å². The summed E-state index contributed by atoms with van der Waals surface area (Å²) < 4.78 is 0. The molecule has 13 atom stereocenters. The van der Waals surface area contributed by atoms with Crippen LogP contribution in [0.2, 0.25) is 0 Å². The second-order valence-electron chi connectivity index (χ2n) is 13.5. The summed E-state index contributed by atoms with van der Waals surface area (Å²) in [4.78, 5) is 11.7. The van der Waals surface area contributed by atoms with Crippen LogP contribution in [0.1, 0.15) is 99.3 Å². The lowest BCUT2D eigenvalue weighted by molar-refractivity contribution is -0.260. The first kappa shape index (κ1) is 26.4. The molecule has 4 rings (SSSR count). The van der Waals surface area contributed by atoms with Crippen molar-refractivity contribution < 1.29 is 25.2 Å². The summed E-state index contributed by atoms with van der Waals surface area (Å²) in [5.74, 6) is 0.316. The molecule has 0 aromatic carbocycles. The van der Waals surface area contributed by atoms with Crippen molar-refractivity contribution in [2.75, 3.05) is 0 Å². The van der Waals surface area contributed by atoms with E-state index >= 15 is 0 Å². The van der Waals surface area contributed by atoms with Gasteiger partial charge < -0.3 is 20.4 Å². The van der Waals surface area contributed by atoms with Gasteiger partial charge in [-0.25, -0.2) is 0 Å². The first-order valence-corrected chi connectivity index (χ1v) is 14.1. The monoisotopic (exact) mass is 478 g/mol. The van der Waals surface area contributed by atoms with Gasteiger partial charge in [-0.15, -0.1) is 0 Å². The molecule has 0 amide bonds. The summed E-state index contributed by atoms with van der Waals surface area (Å²) in [5.41, 5.74) is -0.414. The van der Waals surface area contributed by atoms with Crippen molar-refractivity contribution in [2.24, 2.45) is 57.7 Å². The van der Waals surface area contributed by atoms with Crippen molar-refractivity contribution in [3.63, 3.8) is 0 Å². The standard InChI is InChI=1S/C29H50O5/c1-7-17(26(33)34)13-16(3)20-9-10-21-24-22(14-23(31)29(20,21)6)27(4)12-11-18(30)15-28(27,5)19(8-2)25(24)32/h16-25,30-32H,7-15H2,1-6H3,(H,33,34)/t16-,17-,18-,19+,20?,21?,22?,23+,24?,25-,27-,28+,29-/m1/s1. The number of hydrogen-bond donors (Lipinski definition) is 4. The Labute approximate surface area is 206 Å². The Bertz CT molecular complexity index is 770. The van der Waals surface area contributed by atoms with Gasteiger partial charge in [0.2, 0.25) is 0 Å². The van der Waals surface area contributed by atoms with Crippen LogP contribution < -0.4 is 0 Å². The number of aliphatic hydroxyl groups is 3. The Morgan fingerprint density at radius 1 is 1.00 bits per heavy atom. The highest BCUT2D eigenvalue weighted by Gasteiger charge is 2.70. The van der Waals surface area contributed by atoms with Crippen LogP contribution in [0.25, 0.3) is 0 Å². The summed E-state index contributed by atoms with van der Waals surface area (Å²) in [7, 11) is 0. The molecule has 0 aromatic heterocycles. The number of aliphatic carboxylic acids is 1. The Kier molecular flexibility index (Phi) is 7.01. The van der Waals surface area contributed by atoms with Crippen LogP contribution in [0, 0.1) is 57.7 Å². The smallest absolute Gasteiger partial charge is 0.306 e. The van der Waals surface area contributed by atoms with Gasteiger partial charge >= 0.3 is 5.97 Å². The number of rotatable bonds is 6. The summed E-state index contributed by atoms with van der Waals surface area (Å²) in [6, 6.07) is 0. The largest absolute Gasteiger partial charge is 0.481 e. The van der Waals surface area contributed by atoms with Crippen molar-refractivity contribution in [1.82, 2.24) is 0 Å². The molecule has 0 heterocycles. The predicted octanol–water partition coefficient (Wildman–Crippen LogP) is 5.11. The quantitative estimate of drug-likeness (QED) is 0.425. The van der Waals surface area contributed by atoms with Gasteiger partial charge in [0.25, 0.3) is 0 Å². The first-order valence-electron chi connectivity index (χ1n) is 14.1. The fraction of sp³-hybridized carbons (Fsp3) is 0.966. The number of aliphatic hydroxyl groups excluding tert-OH is 3. The Balaban J connectivity index is 1.69. The van der Waals surface area contributed by atoms with Gasteiger partial charge in [0, 0.05) is 0 Å². The van der Waals surface area contributed by atoms with Crippen molar-refractivity contribution >= 4 is 5.97 Å². The topological polar surface area (TPSA) is 98.0 Å². The molecule has 4 aliphatic rings. The number of fused-ring (bicyclic) bond motifs is 5. The summed E-state index contributed by atoms with van der Waals surface area (Å²) in [6.07, 6.45) is 6.31. The molecule has 0 radical (unpaired) electrons. The van der Waals surface area contributed by atoms with Gasteiger partial charge in [0.1, 0.15) is 0 Å². The summed E-state index contributed by atoms with van der Waals surface area (Å²) in [5, 5.41) is 44.0. The average molecular weight is 479 g/mol. The number of carboxylic acids is 1. The van der Waals surface area contributed by atoms with Gasteiger partial charge in [0.15, 0.2) is 0 Å². The maximum atomic E-state index is 12.0. The SMILES string of the molecule is CC[C@H](C[C@@H](C)C1CCC2C3C(C[C@H](O)[C@@]21C)[C@@]1(C)CC[C@@H](O)C[C@@]1(C)[C@@H](CC)[C@H]3O)C(=O)O. The van der Waals surface area contributed by atoms with Crippen LogP contribution >= 0.6 is 0 Å². The van der Waals surface area contributed by atoms with E-state index in [-0.39, 0.29) is 63.8 Å². The second-order valence-corrected chi connectivity index (χ2v) is 13.5. The average Bonchev–Trinajstić information content (AvgIpc) is 3.12. The molecule has 0 spiro atoms. The minimum absolute atomic E-state index is 0.000566. The molecule has 196 valence electrons. The lowest BCUT2D eigenvalue weighted by Gasteiger charge is -2.69. The normalized spacial score (nSPS) is 52.3. The van der Waals surface area contributed by atoms with E-state index in [9.17, 15) is 25.2 Å². The molecule has 0 bridgehead atoms. The van der Waals surface area contributed by atoms with E-state index in [1.807, 2.05) is 6.92 Å². The van der Waals surface area contributed by atoms with E-state index < -0.39 is 18.2 Å². The molecular formula is C29H50O5. The number of carboxylic acid groups (broad SMARTS) is 1. The maximum absolute atomic E-state index is 12.0. The fourth-order valence-corrected chi connectivity index (χ4v) is 10.5. The van der Waals surface area contributed by atoms with Crippen LogP contribution in [0.3, 0.4) is 0 Å². The minimum Gasteiger partial charge on any atom is -0.481 e. The van der Waals surface area contributed by atoms with Gasteiger partial charge in [-0.3, -0.25) is 4.79 Å². The molecule has 0 aliphatic heterocycles. The highest BCUT2D eigenvalue weighted by atomic mass is 16.4. The van der Waals surface area contributed by atoms with E-state index in [4.69, 9.17) is 0 Å². The molecule has 4 fully saturated rings. The van der Waals surface area contributed by atoms with Crippen molar-refractivity contribution in [1.29, 1.82) is 0 Å². The van der Waals surface area contributed by atoms with Crippen molar-refractivity contribution in [2.45, 2.75) is 118 Å². The zero-order valence-corrected chi connectivity index (χ0v) is 22.3. The first-order chi connectivity index (χ1) is 15.9. The third kappa shape index (κ3) is 3.54. The van der Waals surface area contributed by atoms with Gasteiger partial charge in [-0.2, -0.15) is 0 Å². The van der Waals surface area contributed by atoms with Gasteiger partial charge in [-0.1, -0.05) is 48.0 Å². The zero-order chi connectivity index (χ0) is 25.2. The lowest BCUT2D eigenvalue weighted by Crippen LogP contribution is -2.68. The van der Waals surface area contributed by atoms with Gasteiger partial charge in [-0.05, 0) is 103 Å². The molecule has 34 heavy (non-hydrogen) atoms. The highest BCUT2D eigenvalue weighted by Crippen LogP contribution is 2.72. The predicted molar refractivity (Wildman–Crippen MR) is 133 cm³/mol. The Morgan fingerprint density at radius 2 is 1.68 bits per heavy atom. The minimum atomic E-state index is -0.710. The molecule has 0 aromatic rings. The molecule has 4 N–H and O–H groups in total. The van der Waals surface area contributed by atoms with Crippen LogP contribution in [0.4, 0.5) is 0 Å². The third-order valence-corrected chi connectivity index (χ3v) is 12.5. The maximum Gasteiger partial charge on any atom is 0.306 e. The zero-order valence-electron chi connectivity index (χ0n) is 22.3. The Morgan fingerprint density at radius 3 is 2.26 bits per heavy atom. The molecule has 5 nitrogen and oxygen atoms in total. The second kappa shape index (κ2) is 9.03. The molecule has 5 heteroatoms. The molecule has 0 saturated heterocycles. The summed E-state index contributed by atoms with van der Waals surface area (Å²) >= 11 is 0. The fourth-order valence-electron chi connectivity index (χ4n) is 10.5. The van der Waals surface area contributed by atoms with E-state index in [2.05, 4.69) is 34.6 Å². The molecular weight excluding hydrogens is 428 g/mol. The van der Waals surface area contributed by atoms with Crippen molar-refractivity contribution in [3.05, 3.63) is 0 Å². The number of hydrogen-bond acceptors (Lipinski definition) is 4. The Hall–Kier alpha value is -0.650.